The van der Waals surface area contributed by atoms with Crippen molar-refractivity contribution in [1.82, 2.24) is 4.57 Å². The highest BCUT2D eigenvalue weighted by Gasteiger charge is 2.36. The number of nitrogens with zero attached hydrogens (tertiary/aromatic N) is 2. The molecule has 0 unspecified atom stereocenters. The van der Waals surface area contributed by atoms with Gasteiger partial charge in [-0.2, -0.15) is 0 Å². The van der Waals surface area contributed by atoms with Crippen molar-refractivity contribution in [2.24, 2.45) is 4.99 Å². The van der Waals surface area contributed by atoms with Gasteiger partial charge in [-0.05, 0) is 72.2 Å². The van der Waals surface area contributed by atoms with Crippen LogP contribution in [-0.4, -0.2) is 24.3 Å². The molecular formula is C35H29ClN2O5S. The summed E-state index contributed by atoms with van der Waals surface area (Å²) in [6.07, 6.45) is 1.82. The Balaban J connectivity index is 1.47. The van der Waals surface area contributed by atoms with Crippen LogP contribution in [0.3, 0.4) is 0 Å². The second kappa shape index (κ2) is 12.5. The van der Waals surface area contributed by atoms with Gasteiger partial charge in [-0.3, -0.25) is 9.36 Å². The van der Waals surface area contributed by atoms with E-state index in [0.29, 0.717) is 49.3 Å². The summed E-state index contributed by atoms with van der Waals surface area (Å²) >= 11 is 7.27. The largest absolute Gasteiger partial charge is 0.496 e. The van der Waals surface area contributed by atoms with Crippen molar-refractivity contribution < 1.29 is 19.0 Å². The first-order valence-electron chi connectivity index (χ1n) is 14.1. The van der Waals surface area contributed by atoms with E-state index in [1.165, 1.54) is 11.3 Å². The maximum absolute atomic E-state index is 14.2. The Kier molecular flexibility index (Phi) is 8.37. The van der Waals surface area contributed by atoms with Crippen LogP contribution >= 0.6 is 22.9 Å². The van der Waals surface area contributed by atoms with Crippen LogP contribution in [0, 0.1) is 0 Å². The van der Waals surface area contributed by atoms with Crippen LogP contribution < -0.4 is 24.4 Å². The molecule has 0 aliphatic carbocycles. The Morgan fingerprint density at radius 1 is 1.05 bits per heavy atom. The lowest BCUT2D eigenvalue weighted by Crippen LogP contribution is -2.40. The van der Waals surface area contributed by atoms with Gasteiger partial charge in [0.1, 0.15) is 24.1 Å². The molecule has 4 aromatic carbocycles. The Morgan fingerprint density at radius 2 is 1.84 bits per heavy atom. The number of allylic oxidation sites excluding steroid dienone is 1. The quantitative estimate of drug-likeness (QED) is 0.192. The first-order valence-corrected chi connectivity index (χ1v) is 15.3. The number of aromatic nitrogens is 1. The highest BCUT2D eigenvalue weighted by molar-refractivity contribution is 7.07. The average molecular weight is 625 g/mol. The van der Waals surface area contributed by atoms with Gasteiger partial charge in [0.15, 0.2) is 4.80 Å². The number of thiazole rings is 1. The topological polar surface area (TPSA) is 79.1 Å². The molecule has 1 aliphatic rings. The molecule has 7 nitrogen and oxygen atoms in total. The minimum Gasteiger partial charge on any atom is -0.496 e. The molecule has 0 saturated heterocycles. The third-order valence-corrected chi connectivity index (χ3v) is 8.65. The van der Waals surface area contributed by atoms with Crippen molar-refractivity contribution in [2.75, 3.05) is 13.7 Å². The Bertz CT molecular complexity index is 2100. The number of carbonyl (C=O) groups excluding carboxylic acids is 1. The van der Waals surface area contributed by atoms with Gasteiger partial charge in [-0.25, -0.2) is 9.79 Å². The zero-order valence-corrected chi connectivity index (χ0v) is 25.9. The van der Waals surface area contributed by atoms with Crippen LogP contribution in [0.15, 0.2) is 106 Å². The van der Waals surface area contributed by atoms with E-state index in [2.05, 4.69) is 0 Å². The molecule has 2 heterocycles. The second-order valence-corrected chi connectivity index (χ2v) is 11.6. The van der Waals surface area contributed by atoms with Gasteiger partial charge in [0.2, 0.25) is 0 Å². The Hall–Kier alpha value is -4.66. The molecular weight excluding hydrogens is 596 g/mol. The fourth-order valence-corrected chi connectivity index (χ4v) is 6.57. The predicted octanol–water partition coefficient (Wildman–Crippen LogP) is 6.19. The molecule has 0 saturated carbocycles. The summed E-state index contributed by atoms with van der Waals surface area (Å²) in [5.74, 6) is 0.708. The fraction of sp³-hybridized carbons (Fsp3) is 0.171. The van der Waals surface area contributed by atoms with Crippen molar-refractivity contribution >= 4 is 45.8 Å². The molecule has 44 heavy (non-hydrogen) atoms. The summed E-state index contributed by atoms with van der Waals surface area (Å²) < 4.78 is 19.4. The van der Waals surface area contributed by atoms with Crippen LogP contribution in [-0.2, 0) is 16.1 Å². The highest BCUT2D eigenvalue weighted by atomic mass is 35.5. The van der Waals surface area contributed by atoms with E-state index >= 15 is 0 Å². The van der Waals surface area contributed by atoms with E-state index in [4.69, 9.17) is 30.8 Å². The fourth-order valence-electron chi connectivity index (χ4n) is 5.39. The standard InChI is InChI=1S/C35H29ClN2O5S/c1-4-42-34(40)30-21(2)37-35-38(32(30)31-27-11-6-5-9-24(27)14-17-28(31)41-3)33(39)29(44-35)19-23-8-7-10-26(18-23)43-20-22-12-15-25(36)16-13-22/h5-19,32H,4,20H2,1-3H3/b29-19-/t32-/m1/s1. The molecule has 0 amide bonds. The average Bonchev–Trinajstić information content (AvgIpc) is 3.33. The second-order valence-electron chi connectivity index (χ2n) is 10.2. The lowest BCUT2D eigenvalue weighted by Gasteiger charge is -2.27. The van der Waals surface area contributed by atoms with Crippen LogP contribution in [0.1, 0.15) is 36.6 Å². The zero-order chi connectivity index (χ0) is 30.8. The maximum atomic E-state index is 14.2. The van der Waals surface area contributed by atoms with Gasteiger partial charge in [0.25, 0.3) is 5.56 Å². The molecule has 1 atom stereocenters. The summed E-state index contributed by atoms with van der Waals surface area (Å²) in [4.78, 5) is 32.9. The number of fused-ring (bicyclic) bond motifs is 2. The number of ether oxygens (including phenoxy) is 3. The van der Waals surface area contributed by atoms with E-state index in [1.54, 1.807) is 25.5 Å². The van der Waals surface area contributed by atoms with Gasteiger partial charge in [0.05, 0.1) is 29.5 Å². The molecule has 222 valence electrons. The van der Waals surface area contributed by atoms with E-state index in [1.807, 2.05) is 91.0 Å². The first kappa shape index (κ1) is 29.4. The van der Waals surface area contributed by atoms with Crippen LogP contribution in [0.4, 0.5) is 0 Å². The lowest BCUT2D eigenvalue weighted by molar-refractivity contribution is -0.139. The number of methoxy groups -OCH3 is 1. The molecule has 0 fully saturated rings. The van der Waals surface area contributed by atoms with Gasteiger partial charge >= 0.3 is 5.97 Å². The summed E-state index contributed by atoms with van der Waals surface area (Å²) in [6, 6.07) is 25.9. The lowest BCUT2D eigenvalue weighted by atomic mass is 9.90. The van der Waals surface area contributed by atoms with Gasteiger partial charge in [-0.1, -0.05) is 77.5 Å². The van der Waals surface area contributed by atoms with Crippen molar-refractivity contribution in [3.63, 3.8) is 0 Å². The van der Waals surface area contributed by atoms with Crippen molar-refractivity contribution in [3.05, 3.63) is 138 Å². The number of carbonyl (C=O) groups is 1. The summed E-state index contributed by atoms with van der Waals surface area (Å²) in [6.45, 7) is 4.10. The highest BCUT2D eigenvalue weighted by Crippen LogP contribution is 2.40. The van der Waals surface area contributed by atoms with Gasteiger partial charge in [-0.15, -0.1) is 0 Å². The van der Waals surface area contributed by atoms with Crippen molar-refractivity contribution in [3.8, 4) is 11.5 Å². The number of esters is 1. The SMILES string of the molecule is CCOC(=O)C1=C(C)N=c2s/c(=C\c3cccc(OCc4ccc(Cl)cc4)c3)c(=O)n2[C@H]1c1c(OC)ccc2ccccc12. The van der Waals surface area contributed by atoms with E-state index in [-0.39, 0.29) is 12.2 Å². The third kappa shape index (κ3) is 5.66. The Labute approximate surface area is 262 Å². The summed E-state index contributed by atoms with van der Waals surface area (Å²) in [5.41, 5.74) is 3.02. The molecule has 1 aliphatic heterocycles. The molecule has 9 heteroatoms. The molecule has 0 N–H and O–H groups in total. The third-order valence-electron chi connectivity index (χ3n) is 7.42. The molecule has 1 aromatic heterocycles. The number of hydrogen-bond acceptors (Lipinski definition) is 7. The van der Waals surface area contributed by atoms with Gasteiger partial charge < -0.3 is 14.2 Å². The Morgan fingerprint density at radius 3 is 2.61 bits per heavy atom. The van der Waals surface area contributed by atoms with Crippen LogP contribution in [0.2, 0.25) is 5.02 Å². The summed E-state index contributed by atoms with van der Waals surface area (Å²) in [5, 5.41) is 2.50. The van der Waals surface area contributed by atoms with Gasteiger partial charge in [0, 0.05) is 10.6 Å². The van der Waals surface area contributed by atoms with E-state index in [0.717, 1.165) is 21.9 Å². The molecule has 5 aromatic rings. The normalized spacial score (nSPS) is 14.7. The molecule has 6 rings (SSSR count). The minimum atomic E-state index is -0.803. The van der Waals surface area contributed by atoms with Crippen LogP contribution in [0.5, 0.6) is 11.5 Å². The first-order chi connectivity index (χ1) is 21.4. The summed E-state index contributed by atoms with van der Waals surface area (Å²) in [7, 11) is 1.58. The van der Waals surface area contributed by atoms with Crippen molar-refractivity contribution in [1.29, 1.82) is 0 Å². The van der Waals surface area contributed by atoms with E-state index in [9.17, 15) is 9.59 Å². The molecule has 0 spiro atoms. The smallest absolute Gasteiger partial charge is 0.338 e. The molecule has 0 radical (unpaired) electrons. The monoisotopic (exact) mass is 624 g/mol. The maximum Gasteiger partial charge on any atom is 0.338 e. The number of hydrogen-bond donors (Lipinski definition) is 0. The number of halogens is 1. The van der Waals surface area contributed by atoms with Crippen LogP contribution in [0.25, 0.3) is 16.8 Å². The minimum absolute atomic E-state index is 0.190. The number of benzene rings is 4. The number of rotatable bonds is 8. The zero-order valence-electron chi connectivity index (χ0n) is 24.4. The van der Waals surface area contributed by atoms with Crippen molar-refractivity contribution in [2.45, 2.75) is 26.5 Å². The van der Waals surface area contributed by atoms with E-state index < -0.39 is 12.0 Å². The molecule has 0 bridgehead atoms. The predicted molar refractivity (Wildman–Crippen MR) is 173 cm³/mol.